The van der Waals surface area contributed by atoms with Gasteiger partial charge in [0.2, 0.25) is 0 Å². The topological polar surface area (TPSA) is 9.23 Å². The largest absolute Gasteiger partial charge is 0.374 e. The minimum atomic E-state index is 0.591. The van der Waals surface area contributed by atoms with Crippen molar-refractivity contribution in [2.24, 2.45) is 10.8 Å². The molecule has 2 aliphatic heterocycles. The lowest BCUT2D eigenvalue weighted by atomic mass is 9.71. The van der Waals surface area contributed by atoms with E-state index in [1.54, 1.807) is 0 Å². The second kappa shape index (κ2) is 2.31. The molecule has 0 N–H and O–H groups in total. The summed E-state index contributed by atoms with van der Waals surface area (Å²) >= 11 is 0. The minimum Gasteiger partial charge on any atom is -0.374 e. The van der Waals surface area contributed by atoms with E-state index >= 15 is 0 Å². The van der Waals surface area contributed by atoms with E-state index in [0.717, 1.165) is 0 Å². The van der Waals surface area contributed by atoms with Gasteiger partial charge in [0, 0.05) is 0 Å². The normalized spacial score (nSPS) is 52.2. The van der Waals surface area contributed by atoms with E-state index in [9.17, 15) is 0 Å². The van der Waals surface area contributed by atoms with Gasteiger partial charge < -0.3 is 4.74 Å². The molecule has 3 atom stereocenters. The molecule has 1 aliphatic carbocycles. The van der Waals surface area contributed by atoms with Gasteiger partial charge in [0.1, 0.15) is 0 Å². The van der Waals surface area contributed by atoms with Gasteiger partial charge in [-0.3, -0.25) is 0 Å². The quantitative estimate of drug-likeness (QED) is 0.556. The molecule has 0 radical (unpaired) electrons. The van der Waals surface area contributed by atoms with Gasteiger partial charge in [-0.2, -0.15) is 0 Å². The summed E-state index contributed by atoms with van der Waals surface area (Å²) in [5.41, 5.74) is 1.21. The van der Waals surface area contributed by atoms with E-state index in [1.165, 1.54) is 38.5 Å². The zero-order chi connectivity index (χ0) is 9.10. The Labute approximate surface area is 80.8 Å². The zero-order valence-electron chi connectivity index (χ0n) is 8.81. The SMILES string of the molecule is CC1(C)CCC2(CC3CCC2O3)C1. The zero-order valence-corrected chi connectivity index (χ0v) is 8.81. The van der Waals surface area contributed by atoms with Gasteiger partial charge in [-0.25, -0.2) is 0 Å². The molecule has 1 nitrogen and oxygen atoms in total. The average molecular weight is 180 g/mol. The first kappa shape index (κ1) is 8.28. The Kier molecular flexibility index (Phi) is 1.47. The summed E-state index contributed by atoms with van der Waals surface area (Å²) in [7, 11) is 0. The molecular formula is C12H20O. The van der Waals surface area contributed by atoms with Crippen molar-refractivity contribution >= 4 is 0 Å². The van der Waals surface area contributed by atoms with Crippen LogP contribution in [0.3, 0.4) is 0 Å². The maximum absolute atomic E-state index is 6.00. The summed E-state index contributed by atoms with van der Waals surface area (Å²) in [5, 5.41) is 0. The molecule has 13 heavy (non-hydrogen) atoms. The van der Waals surface area contributed by atoms with Gasteiger partial charge in [0.25, 0.3) is 0 Å². The van der Waals surface area contributed by atoms with Gasteiger partial charge in [0.15, 0.2) is 0 Å². The second-order valence-corrected chi connectivity index (χ2v) is 6.23. The van der Waals surface area contributed by atoms with Crippen molar-refractivity contribution in [1.82, 2.24) is 0 Å². The van der Waals surface area contributed by atoms with Crippen molar-refractivity contribution < 1.29 is 4.74 Å². The van der Waals surface area contributed by atoms with Crippen LogP contribution in [-0.4, -0.2) is 12.2 Å². The first-order chi connectivity index (χ1) is 6.10. The van der Waals surface area contributed by atoms with Crippen LogP contribution in [0.25, 0.3) is 0 Å². The van der Waals surface area contributed by atoms with Crippen LogP contribution < -0.4 is 0 Å². The Balaban J connectivity index is 1.85. The molecule has 2 saturated heterocycles. The monoisotopic (exact) mass is 180 g/mol. The van der Waals surface area contributed by atoms with Crippen molar-refractivity contribution in [3.05, 3.63) is 0 Å². The molecule has 2 bridgehead atoms. The molecule has 3 fully saturated rings. The van der Waals surface area contributed by atoms with Crippen molar-refractivity contribution in [2.75, 3.05) is 0 Å². The van der Waals surface area contributed by atoms with Crippen LogP contribution in [0.1, 0.15) is 52.4 Å². The predicted molar refractivity (Wildman–Crippen MR) is 52.6 cm³/mol. The van der Waals surface area contributed by atoms with Gasteiger partial charge in [0.05, 0.1) is 12.2 Å². The van der Waals surface area contributed by atoms with Gasteiger partial charge in [-0.05, 0) is 49.4 Å². The van der Waals surface area contributed by atoms with E-state index in [4.69, 9.17) is 4.74 Å². The lowest BCUT2D eigenvalue weighted by Crippen LogP contribution is -2.30. The molecule has 1 saturated carbocycles. The van der Waals surface area contributed by atoms with Crippen LogP contribution in [0.5, 0.6) is 0 Å². The highest BCUT2D eigenvalue weighted by atomic mass is 16.5. The van der Waals surface area contributed by atoms with Crippen LogP contribution in [0.2, 0.25) is 0 Å². The van der Waals surface area contributed by atoms with Crippen LogP contribution in [-0.2, 0) is 4.74 Å². The van der Waals surface area contributed by atoms with E-state index < -0.39 is 0 Å². The van der Waals surface area contributed by atoms with Crippen LogP contribution >= 0.6 is 0 Å². The Bertz CT molecular complexity index is 233. The lowest BCUT2D eigenvalue weighted by Gasteiger charge is -2.32. The maximum Gasteiger partial charge on any atom is 0.0637 e. The Morgan fingerprint density at radius 1 is 1.15 bits per heavy atom. The molecule has 3 rings (SSSR count). The third kappa shape index (κ3) is 1.09. The fourth-order valence-electron chi connectivity index (χ4n) is 4.06. The molecule has 1 heteroatoms. The van der Waals surface area contributed by atoms with Crippen molar-refractivity contribution in [2.45, 2.75) is 64.6 Å². The summed E-state index contributed by atoms with van der Waals surface area (Å²) < 4.78 is 6.00. The summed E-state index contributed by atoms with van der Waals surface area (Å²) in [6.07, 6.45) is 9.61. The van der Waals surface area contributed by atoms with E-state index in [2.05, 4.69) is 13.8 Å². The predicted octanol–water partition coefficient (Wildman–Crippen LogP) is 3.13. The molecule has 74 valence electrons. The van der Waals surface area contributed by atoms with Crippen LogP contribution in [0.4, 0.5) is 0 Å². The highest BCUT2D eigenvalue weighted by molar-refractivity contribution is 5.06. The molecule has 0 aromatic heterocycles. The highest BCUT2D eigenvalue weighted by Gasteiger charge is 2.56. The Morgan fingerprint density at radius 3 is 2.46 bits per heavy atom. The minimum absolute atomic E-state index is 0.591. The summed E-state index contributed by atoms with van der Waals surface area (Å²) in [5.74, 6) is 0. The number of fused-ring (bicyclic) bond motifs is 3. The second-order valence-electron chi connectivity index (χ2n) is 6.23. The summed E-state index contributed by atoms with van der Waals surface area (Å²) in [6.45, 7) is 4.85. The van der Waals surface area contributed by atoms with Gasteiger partial charge in [-0.1, -0.05) is 13.8 Å². The van der Waals surface area contributed by atoms with Gasteiger partial charge >= 0.3 is 0 Å². The first-order valence-corrected chi connectivity index (χ1v) is 5.75. The standard InChI is InChI=1S/C12H20O/c1-11(2)5-6-12(8-11)7-9-3-4-10(12)13-9/h9-10H,3-8H2,1-2H3. The number of ether oxygens (including phenoxy) is 1. The molecule has 3 aliphatic rings. The van der Waals surface area contributed by atoms with Crippen molar-refractivity contribution in [3.8, 4) is 0 Å². The number of rotatable bonds is 0. The van der Waals surface area contributed by atoms with E-state index in [-0.39, 0.29) is 0 Å². The smallest absolute Gasteiger partial charge is 0.0637 e. The van der Waals surface area contributed by atoms with Crippen molar-refractivity contribution in [1.29, 1.82) is 0 Å². The third-order valence-corrected chi connectivity index (χ3v) is 4.56. The maximum atomic E-state index is 6.00. The highest BCUT2D eigenvalue weighted by Crippen LogP contribution is 2.61. The Hall–Kier alpha value is -0.0400. The fourth-order valence-corrected chi connectivity index (χ4v) is 4.06. The Morgan fingerprint density at radius 2 is 2.00 bits per heavy atom. The molecule has 3 unspecified atom stereocenters. The molecule has 0 amide bonds. The third-order valence-electron chi connectivity index (χ3n) is 4.56. The van der Waals surface area contributed by atoms with Crippen molar-refractivity contribution in [3.63, 3.8) is 0 Å². The molecule has 0 aromatic carbocycles. The van der Waals surface area contributed by atoms with E-state index in [0.29, 0.717) is 23.0 Å². The number of hydrogen-bond donors (Lipinski definition) is 0. The van der Waals surface area contributed by atoms with E-state index in [1.807, 2.05) is 0 Å². The summed E-state index contributed by atoms with van der Waals surface area (Å²) in [4.78, 5) is 0. The van der Waals surface area contributed by atoms with Gasteiger partial charge in [-0.15, -0.1) is 0 Å². The van der Waals surface area contributed by atoms with Crippen LogP contribution in [0, 0.1) is 10.8 Å². The molecule has 1 spiro atoms. The molecular weight excluding hydrogens is 160 g/mol. The lowest BCUT2D eigenvalue weighted by molar-refractivity contribution is 0.0585. The first-order valence-electron chi connectivity index (χ1n) is 5.75. The number of hydrogen-bond acceptors (Lipinski definition) is 1. The van der Waals surface area contributed by atoms with Crippen LogP contribution in [0.15, 0.2) is 0 Å². The average Bonchev–Trinajstić information content (AvgIpc) is 2.65. The fraction of sp³-hybridized carbons (Fsp3) is 1.00. The molecule has 2 heterocycles. The molecule has 0 aromatic rings. The summed E-state index contributed by atoms with van der Waals surface area (Å²) in [6, 6.07) is 0.